The molecule has 2 aliphatic rings. The maximum atomic E-state index is 5.73. The van der Waals surface area contributed by atoms with Gasteiger partial charge in [-0.05, 0) is 44.7 Å². The van der Waals surface area contributed by atoms with E-state index in [1.54, 1.807) is 11.8 Å². The molecule has 0 radical (unpaired) electrons. The Kier molecular flexibility index (Phi) is 6.10. The monoisotopic (exact) mass is 387 g/mol. The second-order valence-corrected chi connectivity index (χ2v) is 8.75. The fourth-order valence-electron chi connectivity index (χ4n) is 4.10. The van der Waals surface area contributed by atoms with E-state index in [2.05, 4.69) is 28.1 Å². The van der Waals surface area contributed by atoms with Crippen LogP contribution < -0.4 is 0 Å². The van der Waals surface area contributed by atoms with Crippen LogP contribution in [0.4, 0.5) is 0 Å². The van der Waals surface area contributed by atoms with Crippen LogP contribution in [0.2, 0.25) is 0 Å². The molecule has 0 aliphatic carbocycles. The van der Waals surface area contributed by atoms with Crippen molar-refractivity contribution in [2.45, 2.75) is 56.3 Å². The smallest absolute Gasteiger partial charge is 0.187 e. The van der Waals surface area contributed by atoms with Gasteiger partial charge in [-0.3, -0.25) is 9.58 Å². The Morgan fingerprint density at radius 3 is 2.96 bits per heavy atom. The first-order valence-corrected chi connectivity index (χ1v) is 10.9. The fourth-order valence-corrected chi connectivity index (χ4v) is 4.99. The zero-order chi connectivity index (χ0) is 18.6. The minimum Gasteiger partial charge on any atom is -0.377 e. The van der Waals surface area contributed by atoms with Crippen LogP contribution in [0.1, 0.15) is 48.4 Å². The molecular weight excluding hydrogens is 358 g/mol. The Bertz CT molecular complexity index is 759. The molecular formula is C20H29N5OS. The van der Waals surface area contributed by atoms with Gasteiger partial charge in [0.15, 0.2) is 5.16 Å². The van der Waals surface area contributed by atoms with E-state index < -0.39 is 0 Å². The summed E-state index contributed by atoms with van der Waals surface area (Å²) in [6, 6.07) is 0. The van der Waals surface area contributed by atoms with Crippen molar-refractivity contribution in [3.63, 3.8) is 0 Å². The first-order chi connectivity index (χ1) is 13.2. The van der Waals surface area contributed by atoms with Gasteiger partial charge in [0.1, 0.15) is 0 Å². The molecule has 2 atom stereocenters. The molecule has 27 heavy (non-hydrogen) atoms. The molecule has 4 heterocycles. The van der Waals surface area contributed by atoms with Crippen molar-refractivity contribution < 1.29 is 4.74 Å². The summed E-state index contributed by atoms with van der Waals surface area (Å²) in [6.45, 7) is 6.22. The highest BCUT2D eigenvalue weighted by molar-refractivity contribution is 7.99. The molecule has 0 N–H and O–H groups in total. The van der Waals surface area contributed by atoms with Gasteiger partial charge in [-0.1, -0.05) is 11.8 Å². The molecule has 0 bridgehead atoms. The van der Waals surface area contributed by atoms with Crippen molar-refractivity contribution in [1.29, 1.82) is 0 Å². The van der Waals surface area contributed by atoms with Crippen molar-refractivity contribution in [2.75, 3.05) is 25.4 Å². The first-order valence-electron chi connectivity index (χ1n) is 9.95. The number of likely N-dealkylation sites (tertiary alicyclic amines) is 1. The molecule has 2 aromatic heterocycles. The van der Waals surface area contributed by atoms with Crippen LogP contribution in [0.25, 0.3) is 0 Å². The highest BCUT2D eigenvalue weighted by Gasteiger charge is 2.25. The Morgan fingerprint density at radius 2 is 2.19 bits per heavy atom. The summed E-state index contributed by atoms with van der Waals surface area (Å²) in [5.41, 5.74) is 3.73. The van der Waals surface area contributed by atoms with Gasteiger partial charge >= 0.3 is 0 Å². The van der Waals surface area contributed by atoms with Crippen LogP contribution in [0.5, 0.6) is 0 Å². The standard InChI is InChI=1S/C20H29N5OS/c1-15-9-21-20(27-14-18-6-4-8-26-18)23-19(15)17-5-3-7-25(13-17)12-16-10-22-24(2)11-16/h9-11,17-18H,3-8,12-14H2,1-2H3. The van der Waals surface area contributed by atoms with Crippen molar-refractivity contribution >= 4 is 11.8 Å². The number of piperidine rings is 1. The van der Waals surface area contributed by atoms with E-state index in [1.807, 2.05) is 24.1 Å². The molecule has 0 saturated carbocycles. The molecule has 6 nitrogen and oxygen atoms in total. The third-order valence-corrected chi connectivity index (χ3v) is 6.46. The van der Waals surface area contributed by atoms with Gasteiger partial charge in [0.05, 0.1) is 18.0 Å². The third kappa shape index (κ3) is 4.89. The van der Waals surface area contributed by atoms with Crippen molar-refractivity contribution in [1.82, 2.24) is 24.6 Å². The normalized spacial score (nSPS) is 23.8. The van der Waals surface area contributed by atoms with E-state index in [-0.39, 0.29) is 0 Å². The molecule has 0 aromatic carbocycles. The number of hydrogen-bond donors (Lipinski definition) is 0. The summed E-state index contributed by atoms with van der Waals surface area (Å²) in [5, 5.41) is 5.19. The van der Waals surface area contributed by atoms with E-state index in [4.69, 9.17) is 9.72 Å². The number of rotatable bonds is 6. The SMILES string of the molecule is Cc1cnc(SCC2CCCO2)nc1C1CCCN(Cc2cnn(C)c2)C1. The van der Waals surface area contributed by atoms with Crippen molar-refractivity contribution in [3.05, 3.63) is 35.4 Å². The maximum absolute atomic E-state index is 5.73. The van der Waals surface area contributed by atoms with E-state index in [9.17, 15) is 0 Å². The van der Waals surface area contributed by atoms with Gasteiger partial charge in [-0.15, -0.1) is 0 Å². The van der Waals surface area contributed by atoms with Crippen LogP contribution >= 0.6 is 11.8 Å². The Labute approximate surface area is 165 Å². The van der Waals surface area contributed by atoms with Crippen LogP contribution in [0.15, 0.2) is 23.7 Å². The van der Waals surface area contributed by atoms with Crippen molar-refractivity contribution in [2.24, 2.45) is 7.05 Å². The van der Waals surface area contributed by atoms with Gasteiger partial charge in [0.25, 0.3) is 0 Å². The van der Waals surface area contributed by atoms with E-state index in [0.717, 1.165) is 43.6 Å². The number of ether oxygens (including phenoxy) is 1. The highest BCUT2D eigenvalue weighted by Crippen LogP contribution is 2.30. The molecule has 2 aromatic rings. The summed E-state index contributed by atoms with van der Waals surface area (Å²) in [7, 11) is 1.97. The summed E-state index contributed by atoms with van der Waals surface area (Å²) in [4.78, 5) is 12.0. The Hall–Kier alpha value is -1.44. The van der Waals surface area contributed by atoms with E-state index in [1.165, 1.54) is 36.1 Å². The topological polar surface area (TPSA) is 56.1 Å². The summed E-state index contributed by atoms with van der Waals surface area (Å²) >= 11 is 1.74. The summed E-state index contributed by atoms with van der Waals surface area (Å²) < 4.78 is 7.61. The lowest BCUT2D eigenvalue weighted by molar-refractivity contribution is 0.129. The molecule has 0 amide bonds. The van der Waals surface area contributed by atoms with Crippen LogP contribution in [0.3, 0.4) is 0 Å². The Morgan fingerprint density at radius 1 is 1.26 bits per heavy atom. The average Bonchev–Trinajstić information content (AvgIpc) is 3.33. The zero-order valence-electron chi connectivity index (χ0n) is 16.3. The molecule has 0 spiro atoms. The van der Waals surface area contributed by atoms with E-state index >= 15 is 0 Å². The Balaban J connectivity index is 1.40. The summed E-state index contributed by atoms with van der Waals surface area (Å²) in [5.74, 6) is 1.45. The predicted molar refractivity (Wildman–Crippen MR) is 107 cm³/mol. The van der Waals surface area contributed by atoms with Gasteiger partial charge in [0.2, 0.25) is 0 Å². The molecule has 146 valence electrons. The van der Waals surface area contributed by atoms with Gasteiger partial charge in [-0.2, -0.15) is 5.10 Å². The first kappa shape index (κ1) is 18.9. The number of hydrogen-bond acceptors (Lipinski definition) is 6. The number of aromatic nitrogens is 4. The second-order valence-electron chi connectivity index (χ2n) is 7.76. The quantitative estimate of drug-likeness (QED) is 0.561. The molecule has 2 unspecified atom stereocenters. The molecule has 2 fully saturated rings. The lowest BCUT2D eigenvalue weighted by Crippen LogP contribution is -2.34. The third-order valence-electron chi connectivity index (χ3n) is 5.47. The average molecular weight is 388 g/mol. The highest BCUT2D eigenvalue weighted by atomic mass is 32.2. The van der Waals surface area contributed by atoms with Crippen LogP contribution in [-0.2, 0) is 18.3 Å². The molecule has 4 rings (SSSR count). The predicted octanol–water partition coefficient (Wildman–Crippen LogP) is 3.17. The van der Waals surface area contributed by atoms with Crippen LogP contribution in [-0.4, -0.2) is 56.2 Å². The number of nitrogens with zero attached hydrogens (tertiary/aromatic N) is 5. The number of thioether (sulfide) groups is 1. The summed E-state index contributed by atoms with van der Waals surface area (Å²) in [6.07, 6.45) is 11.2. The molecule has 2 aliphatic heterocycles. The second kappa shape index (κ2) is 8.71. The molecule has 7 heteroatoms. The largest absolute Gasteiger partial charge is 0.377 e. The van der Waals surface area contributed by atoms with Crippen molar-refractivity contribution in [3.8, 4) is 0 Å². The fraction of sp³-hybridized carbons (Fsp3) is 0.650. The van der Waals surface area contributed by atoms with E-state index in [0.29, 0.717) is 12.0 Å². The zero-order valence-corrected chi connectivity index (χ0v) is 17.1. The minimum atomic E-state index is 0.369. The minimum absolute atomic E-state index is 0.369. The number of aryl methyl sites for hydroxylation is 2. The van der Waals surface area contributed by atoms with Gasteiger partial charge < -0.3 is 4.74 Å². The lowest BCUT2D eigenvalue weighted by Gasteiger charge is -2.32. The van der Waals surface area contributed by atoms with Gasteiger partial charge in [-0.25, -0.2) is 9.97 Å². The lowest BCUT2D eigenvalue weighted by atomic mass is 9.92. The van der Waals surface area contributed by atoms with Crippen LogP contribution in [0, 0.1) is 6.92 Å². The maximum Gasteiger partial charge on any atom is 0.187 e. The van der Waals surface area contributed by atoms with Gasteiger partial charge in [0, 0.05) is 56.4 Å². The molecule has 2 saturated heterocycles.